The zero-order valence-electron chi connectivity index (χ0n) is 10.0. The number of halogens is 5. The Bertz CT molecular complexity index is 596. The third-order valence-corrected chi connectivity index (χ3v) is 3.14. The van der Waals surface area contributed by atoms with Crippen molar-refractivity contribution in [3.05, 3.63) is 63.9 Å². The van der Waals surface area contributed by atoms with Crippen molar-refractivity contribution in [1.82, 2.24) is 0 Å². The highest BCUT2D eigenvalue weighted by Crippen LogP contribution is 2.36. The number of alkyl halides is 3. The summed E-state index contributed by atoms with van der Waals surface area (Å²) in [6, 6.07) is 10.1. The molecule has 0 amide bonds. The van der Waals surface area contributed by atoms with Crippen LogP contribution in [-0.4, -0.2) is 0 Å². The number of hydrogen-bond acceptors (Lipinski definition) is 1. The van der Waals surface area contributed by atoms with Gasteiger partial charge in [-0.15, -0.1) is 0 Å². The summed E-state index contributed by atoms with van der Waals surface area (Å²) < 4.78 is 56.5. The van der Waals surface area contributed by atoms with Crippen LogP contribution in [0.5, 0.6) is 5.75 Å². The molecule has 0 bridgehead atoms. The molecule has 1 nitrogen and oxygen atoms in total. The SMILES string of the molecule is Fc1c(Br)cc(C(F)(F)F)cc1OCc1ccccc1. The Balaban J connectivity index is 2.25. The molecule has 0 spiro atoms. The lowest BCUT2D eigenvalue weighted by Crippen LogP contribution is -2.07. The van der Waals surface area contributed by atoms with E-state index in [1.54, 1.807) is 30.3 Å². The molecule has 0 saturated carbocycles. The standard InChI is InChI=1S/C14H9BrF4O/c15-11-6-10(14(17,18)19)7-12(13(11)16)20-8-9-4-2-1-3-5-9/h1-7H,8H2. The van der Waals surface area contributed by atoms with Crippen LogP contribution in [-0.2, 0) is 12.8 Å². The zero-order chi connectivity index (χ0) is 14.8. The predicted molar refractivity (Wildman–Crippen MR) is 69.9 cm³/mol. The molecule has 0 atom stereocenters. The lowest BCUT2D eigenvalue weighted by atomic mass is 10.2. The van der Waals surface area contributed by atoms with Crippen LogP contribution in [0.25, 0.3) is 0 Å². The maximum absolute atomic E-state index is 13.7. The van der Waals surface area contributed by atoms with Crippen LogP contribution >= 0.6 is 15.9 Å². The van der Waals surface area contributed by atoms with E-state index in [0.29, 0.717) is 12.1 Å². The van der Waals surface area contributed by atoms with E-state index in [1.165, 1.54) is 0 Å². The highest BCUT2D eigenvalue weighted by Gasteiger charge is 2.32. The van der Waals surface area contributed by atoms with Gasteiger partial charge in [-0.05, 0) is 33.6 Å². The summed E-state index contributed by atoms with van der Waals surface area (Å²) in [5.74, 6) is -1.29. The summed E-state index contributed by atoms with van der Waals surface area (Å²) in [5.41, 5.74) is -0.228. The van der Waals surface area contributed by atoms with Crippen molar-refractivity contribution >= 4 is 15.9 Å². The molecule has 0 fully saturated rings. The van der Waals surface area contributed by atoms with Crippen molar-refractivity contribution in [3.63, 3.8) is 0 Å². The first kappa shape index (κ1) is 14.8. The molecule has 0 unspecified atom stereocenters. The number of ether oxygens (including phenoxy) is 1. The first-order valence-corrected chi connectivity index (χ1v) is 6.40. The molecular weight excluding hydrogens is 340 g/mol. The van der Waals surface area contributed by atoms with E-state index in [2.05, 4.69) is 15.9 Å². The molecule has 0 heterocycles. The summed E-state index contributed by atoms with van der Waals surface area (Å²) in [5, 5.41) is 0. The lowest BCUT2D eigenvalue weighted by Gasteiger charge is -2.12. The zero-order valence-corrected chi connectivity index (χ0v) is 11.6. The van der Waals surface area contributed by atoms with E-state index in [-0.39, 0.29) is 11.1 Å². The van der Waals surface area contributed by atoms with Gasteiger partial charge in [0.2, 0.25) is 0 Å². The molecule has 0 aliphatic heterocycles. The second-order valence-corrected chi connectivity index (χ2v) is 4.90. The topological polar surface area (TPSA) is 9.23 Å². The summed E-state index contributed by atoms with van der Waals surface area (Å²) >= 11 is 2.76. The van der Waals surface area contributed by atoms with Gasteiger partial charge in [-0.25, -0.2) is 4.39 Å². The van der Waals surface area contributed by atoms with Gasteiger partial charge in [-0.2, -0.15) is 13.2 Å². The van der Waals surface area contributed by atoms with Crippen LogP contribution in [0.1, 0.15) is 11.1 Å². The molecule has 6 heteroatoms. The lowest BCUT2D eigenvalue weighted by molar-refractivity contribution is -0.137. The van der Waals surface area contributed by atoms with Gasteiger partial charge in [-0.3, -0.25) is 0 Å². The normalized spacial score (nSPS) is 11.4. The minimum absolute atomic E-state index is 0.00842. The predicted octanol–water partition coefficient (Wildman–Crippen LogP) is 5.19. The molecular formula is C14H9BrF4O. The van der Waals surface area contributed by atoms with Crippen LogP contribution < -0.4 is 4.74 Å². The molecule has 0 aromatic heterocycles. The van der Waals surface area contributed by atoms with Gasteiger partial charge in [-0.1, -0.05) is 30.3 Å². The first-order chi connectivity index (χ1) is 9.38. The molecule has 106 valence electrons. The molecule has 2 aromatic rings. The Kier molecular flexibility index (Phi) is 4.32. The summed E-state index contributed by atoms with van der Waals surface area (Å²) in [4.78, 5) is 0. The van der Waals surface area contributed by atoms with E-state index < -0.39 is 23.3 Å². The third kappa shape index (κ3) is 3.50. The van der Waals surface area contributed by atoms with Gasteiger partial charge in [0.05, 0.1) is 10.0 Å². The quantitative estimate of drug-likeness (QED) is 0.694. The van der Waals surface area contributed by atoms with Crippen molar-refractivity contribution in [1.29, 1.82) is 0 Å². The monoisotopic (exact) mass is 348 g/mol. The maximum Gasteiger partial charge on any atom is 0.416 e. The average molecular weight is 349 g/mol. The Morgan fingerprint density at radius 1 is 1.05 bits per heavy atom. The molecule has 0 aliphatic carbocycles. The van der Waals surface area contributed by atoms with Gasteiger partial charge in [0.15, 0.2) is 11.6 Å². The molecule has 0 saturated heterocycles. The fraction of sp³-hybridized carbons (Fsp3) is 0.143. The largest absolute Gasteiger partial charge is 0.486 e. The van der Waals surface area contributed by atoms with Crippen LogP contribution in [0, 0.1) is 5.82 Å². The van der Waals surface area contributed by atoms with E-state index in [9.17, 15) is 17.6 Å². The summed E-state index contributed by atoms with van der Waals surface area (Å²) in [6.45, 7) is -0.00842. The maximum atomic E-state index is 13.7. The Hall–Kier alpha value is -1.56. The van der Waals surface area contributed by atoms with Crippen LogP contribution in [0.15, 0.2) is 46.9 Å². The van der Waals surface area contributed by atoms with Crippen molar-refractivity contribution in [2.24, 2.45) is 0 Å². The van der Waals surface area contributed by atoms with Crippen LogP contribution in [0.4, 0.5) is 17.6 Å². The van der Waals surface area contributed by atoms with Crippen molar-refractivity contribution in [2.45, 2.75) is 12.8 Å². The van der Waals surface area contributed by atoms with Gasteiger partial charge >= 0.3 is 6.18 Å². The molecule has 20 heavy (non-hydrogen) atoms. The van der Waals surface area contributed by atoms with Gasteiger partial charge in [0, 0.05) is 0 Å². The van der Waals surface area contributed by atoms with Crippen LogP contribution in [0.2, 0.25) is 0 Å². The van der Waals surface area contributed by atoms with Gasteiger partial charge < -0.3 is 4.74 Å². The molecule has 2 rings (SSSR count). The Morgan fingerprint density at radius 3 is 2.30 bits per heavy atom. The highest BCUT2D eigenvalue weighted by molar-refractivity contribution is 9.10. The van der Waals surface area contributed by atoms with E-state index >= 15 is 0 Å². The summed E-state index contributed by atoms with van der Waals surface area (Å²) in [6.07, 6.45) is -4.55. The summed E-state index contributed by atoms with van der Waals surface area (Å²) in [7, 11) is 0. The molecule has 2 aromatic carbocycles. The fourth-order valence-electron chi connectivity index (χ4n) is 1.57. The molecule has 0 N–H and O–H groups in total. The van der Waals surface area contributed by atoms with Crippen molar-refractivity contribution in [3.8, 4) is 5.75 Å². The van der Waals surface area contributed by atoms with E-state index in [0.717, 1.165) is 5.56 Å². The second kappa shape index (κ2) is 5.83. The highest BCUT2D eigenvalue weighted by atomic mass is 79.9. The third-order valence-electron chi connectivity index (χ3n) is 2.56. The van der Waals surface area contributed by atoms with Crippen LogP contribution in [0.3, 0.4) is 0 Å². The van der Waals surface area contributed by atoms with Gasteiger partial charge in [0.1, 0.15) is 6.61 Å². The Morgan fingerprint density at radius 2 is 1.70 bits per heavy atom. The smallest absolute Gasteiger partial charge is 0.416 e. The Labute approximate surface area is 121 Å². The van der Waals surface area contributed by atoms with Crippen molar-refractivity contribution in [2.75, 3.05) is 0 Å². The van der Waals surface area contributed by atoms with E-state index in [4.69, 9.17) is 4.74 Å². The van der Waals surface area contributed by atoms with Crippen molar-refractivity contribution < 1.29 is 22.3 Å². The minimum Gasteiger partial charge on any atom is -0.486 e. The first-order valence-electron chi connectivity index (χ1n) is 5.61. The fourth-order valence-corrected chi connectivity index (χ4v) is 2.01. The number of rotatable bonds is 3. The second-order valence-electron chi connectivity index (χ2n) is 4.04. The average Bonchev–Trinajstić information content (AvgIpc) is 2.40. The number of hydrogen-bond donors (Lipinski definition) is 0. The minimum atomic E-state index is -4.55. The van der Waals surface area contributed by atoms with Gasteiger partial charge in [0.25, 0.3) is 0 Å². The van der Waals surface area contributed by atoms with E-state index in [1.807, 2.05) is 0 Å². The molecule has 0 radical (unpaired) electrons. The molecule has 0 aliphatic rings. The number of benzene rings is 2.